The lowest BCUT2D eigenvalue weighted by Crippen LogP contribution is -2.06. The maximum atomic E-state index is 5.52. The first-order valence-electron chi connectivity index (χ1n) is 6.80. The molecule has 0 aliphatic carbocycles. The van der Waals surface area contributed by atoms with Gasteiger partial charge in [0.25, 0.3) is 0 Å². The molecule has 0 heterocycles. The molecule has 3 heteroatoms. The van der Waals surface area contributed by atoms with Crippen LogP contribution >= 0.6 is 0 Å². The van der Waals surface area contributed by atoms with Gasteiger partial charge in [-0.3, -0.25) is 0 Å². The molecule has 0 saturated heterocycles. The van der Waals surface area contributed by atoms with Gasteiger partial charge < -0.3 is 4.74 Å². The van der Waals surface area contributed by atoms with E-state index in [1.807, 2.05) is 6.92 Å². The monoisotopic (exact) mass is 262 g/mol. The molecule has 0 aliphatic heterocycles. The smallest absolute Gasteiger partial charge is 0.0904 e. The molecule has 3 nitrogen and oxygen atoms in total. The molecule has 0 amide bonds. The number of azo groups is 1. The highest BCUT2D eigenvalue weighted by Gasteiger charge is 2.02. The van der Waals surface area contributed by atoms with Crippen molar-refractivity contribution in [3.05, 3.63) is 41.8 Å². The number of ether oxygens (including phenoxy) is 1. The van der Waals surface area contributed by atoms with E-state index < -0.39 is 0 Å². The molecular weight excluding hydrogens is 236 g/mol. The molecule has 1 unspecified atom stereocenters. The minimum Gasteiger partial charge on any atom is -0.378 e. The van der Waals surface area contributed by atoms with Gasteiger partial charge in [-0.25, -0.2) is 0 Å². The second kappa shape index (κ2) is 11.6. The van der Waals surface area contributed by atoms with Gasteiger partial charge in [-0.15, -0.1) is 5.73 Å². The Morgan fingerprint density at radius 1 is 1.47 bits per heavy atom. The van der Waals surface area contributed by atoms with Crippen molar-refractivity contribution in [3.8, 4) is 0 Å². The van der Waals surface area contributed by atoms with Crippen molar-refractivity contribution in [2.24, 2.45) is 10.2 Å². The van der Waals surface area contributed by atoms with E-state index in [9.17, 15) is 0 Å². The van der Waals surface area contributed by atoms with Crippen LogP contribution in [0.1, 0.15) is 40.5 Å². The molecule has 19 heavy (non-hydrogen) atoms. The van der Waals surface area contributed by atoms with Crippen molar-refractivity contribution in [3.63, 3.8) is 0 Å². The zero-order chi connectivity index (χ0) is 14.5. The van der Waals surface area contributed by atoms with Gasteiger partial charge >= 0.3 is 0 Å². The second-order valence-electron chi connectivity index (χ2n) is 4.27. The topological polar surface area (TPSA) is 34.0 Å². The molecule has 0 aliphatic rings. The lowest BCUT2D eigenvalue weighted by molar-refractivity contribution is 0.0786. The lowest BCUT2D eigenvalue weighted by Gasteiger charge is -2.10. The van der Waals surface area contributed by atoms with Crippen LogP contribution in [0.15, 0.2) is 52.0 Å². The largest absolute Gasteiger partial charge is 0.378 e. The lowest BCUT2D eigenvalue weighted by atomic mass is 10.0. The van der Waals surface area contributed by atoms with E-state index in [-0.39, 0.29) is 6.10 Å². The van der Waals surface area contributed by atoms with Gasteiger partial charge in [0.15, 0.2) is 0 Å². The molecule has 0 fully saturated rings. The quantitative estimate of drug-likeness (QED) is 0.333. The van der Waals surface area contributed by atoms with Crippen molar-refractivity contribution >= 4 is 0 Å². The first-order valence-corrected chi connectivity index (χ1v) is 6.80. The highest BCUT2D eigenvalue weighted by Crippen LogP contribution is 2.15. The highest BCUT2D eigenvalue weighted by molar-refractivity contribution is 5.28. The number of hydrogen-bond donors (Lipinski definition) is 0. The SMILES string of the molecule is C=C=C/N=N\CCC(=C/C)/C(C)=C\CC(C)OCC. The van der Waals surface area contributed by atoms with Gasteiger partial charge in [0.05, 0.1) is 18.8 Å². The van der Waals surface area contributed by atoms with Crippen molar-refractivity contribution in [2.75, 3.05) is 13.2 Å². The van der Waals surface area contributed by atoms with Crippen LogP contribution in [0.3, 0.4) is 0 Å². The van der Waals surface area contributed by atoms with Gasteiger partial charge in [-0.1, -0.05) is 24.3 Å². The van der Waals surface area contributed by atoms with Crippen LogP contribution in [0.25, 0.3) is 0 Å². The number of allylic oxidation sites excluding steroid dienone is 2. The Balaban J connectivity index is 4.28. The normalized spacial score (nSPS) is 14.5. The molecule has 0 spiro atoms. The molecular formula is C16H26N2O. The molecule has 0 rings (SSSR count). The summed E-state index contributed by atoms with van der Waals surface area (Å²) in [5, 5.41) is 7.84. The van der Waals surface area contributed by atoms with Crippen LogP contribution in [-0.4, -0.2) is 19.3 Å². The summed E-state index contributed by atoms with van der Waals surface area (Å²) in [6.45, 7) is 13.2. The van der Waals surface area contributed by atoms with Gasteiger partial charge in [-0.2, -0.15) is 10.2 Å². The number of rotatable bonds is 9. The van der Waals surface area contributed by atoms with E-state index in [1.54, 1.807) is 0 Å². The third-order valence-electron chi connectivity index (χ3n) is 2.77. The van der Waals surface area contributed by atoms with E-state index in [0.29, 0.717) is 6.54 Å². The maximum absolute atomic E-state index is 5.52. The molecule has 0 aromatic rings. The van der Waals surface area contributed by atoms with Crippen LogP contribution in [-0.2, 0) is 4.74 Å². The summed E-state index contributed by atoms with van der Waals surface area (Å²) < 4.78 is 5.52. The molecule has 106 valence electrons. The zero-order valence-corrected chi connectivity index (χ0v) is 12.6. The predicted octanol–water partition coefficient (Wildman–Crippen LogP) is 4.84. The third-order valence-corrected chi connectivity index (χ3v) is 2.77. The molecule has 1 atom stereocenters. The van der Waals surface area contributed by atoms with Crippen LogP contribution in [0.2, 0.25) is 0 Å². The Kier molecular flexibility index (Phi) is 10.8. The fourth-order valence-electron chi connectivity index (χ4n) is 1.71. The van der Waals surface area contributed by atoms with Gasteiger partial charge in [0.2, 0.25) is 0 Å². The number of hydrogen-bond acceptors (Lipinski definition) is 3. The average Bonchev–Trinajstić information content (AvgIpc) is 2.40. The van der Waals surface area contributed by atoms with Gasteiger partial charge in [0.1, 0.15) is 0 Å². The van der Waals surface area contributed by atoms with Crippen LogP contribution in [0.5, 0.6) is 0 Å². The van der Waals surface area contributed by atoms with Gasteiger partial charge in [0, 0.05) is 6.61 Å². The van der Waals surface area contributed by atoms with Crippen LogP contribution < -0.4 is 0 Å². The van der Waals surface area contributed by atoms with Crippen molar-refractivity contribution in [2.45, 2.75) is 46.6 Å². The standard InChI is InChI=1S/C16H26N2O/c1-6-12-17-18-13-11-16(7-2)14(4)9-10-15(5)19-8-3/h7,9,12,15H,1,8,10-11,13H2,2-5H3/b14-9-,16-7-,18-17-. The summed E-state index contributed by atoms with van der Waals surface area (Å²) >= 11 is 0. The van der Waals surface area contributed by atoms with Crippen LogP contribution in [0.4, 0.5) is 0 Å². The first-order chi connectivity index (χ1) is 9.15. The Hall–Kier alpha value is -1.44. The summed E-state index contributed by atoms with van der Waals surface area (Å²) in [4.78, 5) is 0. The average molecular weight is 262 g/mol. The van der Waals surface area contributed by atoms with Crippen molar-refractivity contribution in [1.29, 1.82) is 0 Å². The molecule has 0 saturated carbocycles. The Labute approximate surface area is 117 Å². The minimum absolute atomic E-state index is 0.274. The van der Waals surface area contributed by atoms with E-state index in [0.717, 1.165) is 19.4 Å². The summed E-state index contributed by atoms with van der Waals surface area (Å²) in [6.07, 6.45) is 7.96. The van der Waals surface area contributed by atoms with E-state index >= 15 is 0 Å². The first kappa shape index (κ1) is 17.6. The molecule has 0 N–H and O–H groups in total. The van der Waals surface area contributed by atoms with Gasteiger partial charge in [-0.05, 0) is 46.1 Å². The van der Waals surface area contributed by atoms with Crippen molar-refractivity contribution < 1.29 is 4.74 Å². The highest BCUT2D eigenvalue weighted by atomic mass is 16.5. The Morgan fingerprint density at radius 3 is 2.79 bits per heavy atom. The molecule has 0 aromatic heterocycles. The summed E-state index contributed by atoms with van der Waals surface area (Å²) in [5.41, 5.74) is 5.17. The zero-order valence-electron chi connectivity index (χ0n) is 12.6. The van der Waals surface area contributed by atoms with E-state index in [4.69, 9.17) is 4.74 Å². The van der Waals surface area contributed by atoms with E-state index in [2.05, 4.69) is 55.5 Å². The predicted molar refractivity (Wildman–Crippen MR) is 81.3 cm³/mol. The fraction of sp³-hybridized carbons (Fsp3) is 0.562. The summed E-state index contributed by atoms with van der Waals surface area (Å²) in [5.74, 6) is 0. The summed E-state index contributed by atoms with van der Waals surface area (Å²) in [7, 11) is 0. The van der Waals surface area contributed by atoms with E-state index in [1.165, 1.54) is 17.3 Å². The second-order valence-corrected chi connectivity index (χ2v) is 4.27. The number of nitrogens with zero attached hydrogens (tertiary/aromatic N) is 2. The summed E-state index contributed by atoms with van der Waals surface area (Å²) in [6, 6.07) is 0. The minimum atomic E-state index is 0.274. The van der Waals surface area contributed by atoms with Crippen LogP contribution in [0, 0.1) is 0 Å². The third kappa shape index (κ3) is 9.18. The molecule has 0 radical (unpaired) electrons. The molecule has 0 bridgehead atoms. The fourth-order valence-corrected chi connectivity index (χ4v) is 1.71. The molecule has 0 aromatic carbocycles. The Morgan fingerprint density at radius 2 is 2.21 bits per heavy atom. The van der Waals surface area contributed by atoms with Crippen molar-refractivity contribution in [1.82, 2.24) is 0 Å². The maximum Gasteiger partial charge on any atom is 0.0904 e. The Bertz CT molecular complexity index is 374.